The van der Waals surface area contributed by atoms with Crippen molar-refractivity contribution in [2.24, 2.45) is 11.8 Å². The molecule has 0 unspecified atom stereocenters. The van der Waals surface area contributed by atoms with Gasteiger partial charge in [0.1, 0.15) is 11.5 Å². The highest BCUT2D eigenvalue weighted by atomic mass is 16.6. The number of unbranched alkanes of at least 4 members (excludes halogenated alkanes) is 1. The first-order valence-corrected chi connectivity index (χ1v) is 8.38. The van der Waals surface area contributed by atoms with E-state index in [9.17, 15) is 9.59 Å². The SMILES string of the molecule is CCCCOC(=O)[C@H]1[C@H]2C(=O)N([C@@H](C)CC)C[C@]23C=C[C@H]1O3. The van der Waals surface area contributed by atoms with E-state index in [1.165, 1.54) is 0 Å². The van der Waals surface area contributed by atoms with Crippen LogP contribution in [0.4, 0.5) is 0 Å². The Bertz CT molecular complexity index is 503. The molecule has 3 rings (SSSR count). The van der Waals surface area contributed by atoms with Gasteiger partial charge in [-0.3, -0.25) is 9.59 Å². The lowest BCUT2D eigenvalue weighted by molar-refractivity contribution is -0.154. The second kappa shape index (κ2) is 5.69. The summed E-state index contributed by atoms with van der Waals surface area (Å²) in [6, 6.07) is 0.167. The van der Waals surface area contributed by atoms with Crippen LogP contribution >= 0.6 is 0 Å². The molecule has 5 heteroatoms. The number of ether oxygens (including phenoxy) is 2. The number of nitrogens with zero attached hydrogens (tertiary/aromatic N) is 1. The van der Waals surface area contributed by atoms with E-state index in [-0.39, 0.29) is 24.0 Å². The van der Waals surface area contributed by atoms with Crippen molar-refractivity contribution in [3.63, 3.8) is 0 Å². The summed E-state index contributed by atoms with van der Waals surface area (Å²) in [6.45, 7) is 7.13. The normalized spacial score (nSPS) is 36.8. The van der Waals surface area contributed by atoms with E-state index in [1.807, 2.05) is 24.0 Å². The van der Waals surface area contributed by atoms with Crippen LogP contribution in [0.5, 0.6) is 0 Å². The predicted octanol–water partition coefficient (Wildman–Crippen LogP) is 1.91. The fourth-order valence-corrected chi connectivity index (χ4v) is 3.80. The average molecular weight is 307 g/mol. The van der Waals surface area contributed by atoms with Gasteiger partial charge in [-0.05, 0) is 19.8 Å². The number of hydrogen-bond donors (Lipinski definition) is 0. The first-order valence-electron chi connectivity index (χ1n) is 8.38. The van der Waals surface area contributed by atoms with Crippen LogP contribution in [0.15, 0.2) is 12.2 Å². The quantitative estimate of drug-likeness (QED) is 0.427. The molecule has 0 N–H and O–H groups in total. The van der Waals surface area contributed by atoms with Gasteiger partial charge in [-0.15, -0.1) is 0 Å². The Kier molecular flexibility index (Phi) is 4.02. The number of carbonyl (C=O) groups excluding carboxylic acids is 2. The lowest BCUT2D eigenvalue weighted by Crippen LogP contribution is -2.41. The molecule has 3 heterocycles. The molecule has 0 aromatic carbocycles. The molecule has 0 aliphatic carbocycles. The molecule has 2 saturated heterocycles. The van der Waals surface area contributed by atoms with Crippen LogP contribution in [-0.4, -0.2) is 47.7 Å². The van der Waals surface area contributed by atoms with Crippen molar-refractivity contribution in [2.45, 2.75) is 57.8 Å². The van der Waals surface area contributed by atoms with Gasteiger partial charge in [0.05, 0.1) is 25.2 Å². The minimum Gasteiger partial charge on any atom is -0.465 e. The topological polar surface area (TPSA) is 55.8 Å². The zero-order chi connectivity index (χ0) is 15.9. The summed E-state index contributed by atoms with van der Waals surface area (Å²) in [5.41, 5.74) is -0.611. The monoisotopic (exact) mass is 307 g/mol. The van der Waals surface area contributed by atoms with Crippen LogP contribution in [-0.2, 0) is 19.1 Å². The molecular weight excluding hydrogens is 282 g/mol. The van der Waals surface area contributed by atoms with E-state index >= 15 is 0 Å². The van der Waals surface area contributed by atoms with Crippen molar-refractivity contribution in [1.82, 2.24) is 4.90 Å². The van der Waals surface area contributed by atoms with Crippen molar-refractivity contribution in [1.29, 1.82) is 0 Å². The summed E-state index contributed by atoms with van der Waals surface area (Å²) in [7, 11) is 0. The van der Waals surface area contributed by atoms with E-state index in [0.29, 0.717) is 13.2 Å². The van der Waals surface area contributed by atoms with E-state index in [0.717, 1.165) is 19.3 Å². The molecule has 3 aliphatic rings. The van der Waals surface area contributed by atoms with Gasteiger partial charge < -0.3 is 14.4 Å². The summed E-state index contributed by atoms with van der Waals surface area (Å²) >= 11 is 0. The molecule has 5 atom stereocenters. The Balaban J connectivity index is 1.79. The molecule has 1 amide bonds. The number of esters is 1. The highest BCUT2D eigenvalue weighted by molar-refractivity contribution is 5.91. The van der Waals surface area contributed by atoms with Crippen molar-refractivity contribution in [3.05, 3.63) is 12.2 Å². The average Bonchev–Trinajstić information content (AvgIpc) is 3.15. The van der Waals surface area contributed by atoms with Gasteiger partial charge in [0, 0.05) is 6.04 Å². The molecular formula is C17H25NO4. The zero-order valence-corrected chi connectivity index (χ0v) is 13.6. The molecule has 0 aromatic heterocycles. The van der Waals surface area contributed by atoms with Crippen LogP contribution in [0, 0.1) is 11.8 Å². The molecule has 0 saturated carbocycles. The van der Waals surface area contributed by atoms with Gasteiger partial charge >= 0.3 is 5.97 Å². The van der Waals surface area contributed by atoms with Crippen molar-refractivity contribution in [2.75, 3.05) is 13.2 Å². The Labute approximate surface area is 131 Å². The van der Waals surface area contributed by atoms with Crippen LogP contribution in [0.3, 0.4) is 0 Å². The van der Waals surface area contributed by atoms with Crippen molar-refractivity contribution in [3.8, 4) is 0 Å². The fraction of sp³-hybridized carbons (Fsp3) is 0.765. The summed E-state index contributed by atoms with van der Waals surface area (Å²) in [5, 5.41) is 0. The maximum atomic E-state index is 12.8. The highest BCUT2D eigenvalue weighted by Crippen LogP contribution is 2.52. The molecule has 2 bridgehead atoms. The molecule has 0 aromatic rings. The number of likely N-dealkylation sites (tertiary alicyclic amines) is 1. The van der Waals surface area contributed by atoms with Gasteiger partial charge in [0.25, 0.3) is 0 Å². The summed E-state index contributed by atoms with van der Waals surface area (Å²) in [4.78, 5) is 27.1. The molecule has 5 nitrogen and oxygen atoms in total. The Morgan fingerprint density at radius 3 is 3.00 bits per heavy atom. The van der Waals surface area contributed by atoms with E-state index < -0.39 is 17.4 Å². The predicted molar refractivity (Wildman–Crippen MR) is 81.1 cm³/mol. The molecule has 122 valence electrons. The van der Waals surface area contributed by atoms with Crippen LogP contribution in [0.2, 0.25) is 0 Å². The fourth-order valence-electron chi connectivity index (χ4n) is 3.80. The van der Waals surface area contributed by atoms with Gasteiger partial charge in [0.2, 0.25) is 5.91 Å². The summed E-state index contributed by atoms with van der Waals surface area (Å²) in [6.07, 6.45) is 6.33. The number of amides is 1. The first kappa shape index (κ1) is 15.5. The lowest BCUT2D eigenvalue weighted by atomic mass is 9.77. The smallest absolute Gasteiger partial charge is 0.312 e. The minimum atomic E-state index is -0.611. The molecule has 3 aliphatic heterocycles. The Morgan fingerprint density at radius 1 is 1.55 bits per heavy atom. The molecule has 2 fully saturated rings. The van der Waals surface area contributed by atoms with Gasteiger partial charge in [-0.2, -0.15) is 0 Å². The van der Waals surface area contributed by atoms with Gasteiger partial charge in [-0.1, -0.05) is 32.4 Å². The second-order valence-corrected chi connectivity index (χ2v) is 6.64. The minimum absolute atomic E-state index is 0.0404. The van der Waals surface area contributed by atoms with E-state index in [4.69, 9.17) is 9.47 Å². The third kappa shape index (κ3) is 2.18. The lowest BCUT2D eigenvalue weighted by Gasteiger charge is -2.26. The first-order chi connectivity index (χ1) is 10.5. The number of carbonyl (C=O) groups is 2. The van der Waals surface area contributed by atoms with Gasteiger partial charge in [0.15, 0.2) is 0 Å². The van der Waals surface area contributed by atoms with Crippen LogP contribution in [0.25, 0.3) is 0 Å². The van der Waals surface area contributed by atoms with Crippen molar-refractivity contribution >= 4 is 11.9 Å². The molecule has 22 heavy (non-hydrogen) atoms. The van der Waals surface area contributed by atoms with Crippen LogP contribution < -0.4 is 0 Å². The number of rotatable bonds is 6. The van der Waals surface area contributed by atoms with E-state index in [1.54, 1.807) is 0 Å². The molecule has 1 spiro atoms. The second-order valence-electron chi connectivity index (χ2n) is 6.64. The van der Waals surface area contributed by atoms with Crippen molar-refractivity contribution < 1.29 is 19.1 Å². The Hall–Kier alpha value is -1.36. The third-order valence-corrected chi connectivity index (χ3v) is 5.27. The van der Waals surface area contributed by atoms with E-state index in [2.05, 4.69) is 13.8 Å². The van der Waals surface area contributed by atoms with Crippen LogP contribution in [0.1, 0.15) is 40.0 Å². The maximum Gasteiger partial charge on any atom is 0.312 e. The zero-order valence-electron chi connectivity index (χ0n) is 13.6. The standard InChI is InChI=1S/C17H25NO4/c1-4-6-9-21-16(20)13-12-7-8-17(22-12)10-18(11(3)5-2)15(19)14(13)17/h7-8,11-14H,4-6,9-10H2,1-3H3/t11-,12+,13+,14-,17+/m0/s1. The van der Waals surface area contributed by atoms with Gasteiger partial charge in [-0.25, -0.2) is 0 Å². The third-order valence-electron chi connectivity index (χ3n) is 5.27. The number of hydrogen-bond acceptors (Lipinski definition) is 4. The maximum absolute atomic E-state index is 12.8. The summed E-state index contributed by atoms with van der Waals surface area (Å²) < 4.78 is 11.4. The molecule has 0 radical (unpaired) electrons. The number of fused-ring (bicyclic) bond motifs is 1. The largest absolute Gasteiger partial charge is 0.465 e. The highest BCUT2D eigenvalue weighted by Gasteiger charge is 2.67. The summed E-state index contributed by atoms with van der Waals surface area (Å²) in [5.74, 6) is -1.14. The Morgan fingerprint density at radius 2 is 2.32 bits per heavy atom.